The number of carbonyl (C=O) groups excluding carboxylic acids is 3. The first-order chi connectivity index (χ1) is 30.7. The van der Waals surface area contributed by atoms with Gasteiger partial charge >= 0.3 is 0 Å². The number of ether oxygens (including phenoxy) is 1. The number of likely N-dealkylation sites (tertiary alicyclic amines) is 1. The van der Waals surface area contributed by atoms with Crippen LogP contribution in [0.2, 0.25) is 5.02 Å². The highest BCUT2D eigenvalue weighted by Gasteiger charge is 2.64. The second-order valence-corrected chi connectivity index (χ2v) is 19.3. The van der Waals surface area contributed by atoms with Crippen molar-refractivity contribution >= 4 is 45.9 Å². The predicted molar refractivity (Wildman–Crippen MR) is 240 cm³/mol. The number of hydrogen-bond acceptors (Lipinski definition) is 12. The molecule has 3 amide bonds. The van der Waals surface area contributed by atoms with Crippen molar-refractivity contribution in [3.8, 4) is 23.1 Å². The Bertz CT molecular complexity index is 2690. The van der Waals surface area contributed by atoms with Crippen molar-refractivity contribution in [2.24, 2.45) is 16.7 Å². The molecule has 0 bridgehead atoms. The van der Waals surface area contributed by atoms with Crippen LogP contribution in [0.3, 0.4) is 0 Å². The molecule has 9 rings (SSSR count). The molecule has 3 aromatic heterocycles. The lowest BCUT2D eigenvalue weighted by Crippen LogP contribution is -2.74. The second-order valence-electron chi connectivity index (χ2n) is 18.9. The summed E-state index contributed by atoms with van der Waals surface area (Å²) >= 11 is 6.26. The monoisotopic (exact) mass is 885 g/mol. The van der Waals surface area contributed by atoms with E-state index in [-0.39, 0.29) is 53.2 Å². The second kappa shape index (κ2) is 17.1. The molecule has 1 aliphatic carbocycles. The van der Waals surface area contributed by atoms with Gasteiger partial charge in [-0.3, -0.25) is 34.2 Å². The zero-order chi connectivity index (χ0) is 44.9. The summed E-state index contributed by atoms with van der Waals surface area (Å²) in [5.74, 6) is 0.0955. The molecule has 332 valence electrons. The van der Waals surface area contributed by atoms with Crippen molar-refractivity contribution in [3.63, 3.8) is 0 Å². The topological polar surface area (TPSA) is 193 Å². The van der Waals surface area contributed by atoms with Crippen LogP contribution in [0.15, 0.2) is 71.9 Å². The average molecular weight is 886 g/mol. The Morgan fingerprint density at radius 3 is 2.41 bits per heavy atom. The standard InChI is InChI=1S/C47H52ClN11O5/c1-46(2)44(47(3,4)45(46)64-34-8-5-29(23-49)36(48)22-34)53-41(61)30-6-9-37(50-24-30)31-25-51-58(27-31)32-15-17-56(18-16-32)26-28-13-19-57(20-14-28)33-7-10-38-35(21-33)43(63)59(55-54-38)39-11-12-40(60)52-42(39)62/h5-10,21-22,24-25,27-28,32,39,44-45H,11-20,26H2,1-4H3,(H,53,61)(H,52,60,62). The number of fused-ring (bicyclic) bond motifs is 1. The van der Waals surface area contributed by atoms with Crippen molar-refractivity contribution in [2.75, 3.05) is 37.6 Å². The number of nitrogens with zero attached hydrogens (tertiary/aromatic N) is 9. The van der Waals surface area contributed by atoms with Gasteiger partial charge in [0.05, 0.1) is 39.5 Å². The number of aromatic nitrogens is 6. The summed E-state index contributed by atoms with van der Waals surface area (Å²) in [5.41, 5.74) is 2.82. The molecule has 6 heterocycles. The van der Waals surface area contributed by atoms with Crippen molar-refractivity contribution in [3.05, 3.63) is 93.6 Å². The van der Waals surface area contributed by atoms with Crippen LogP contribution in [0.25, 0.3) is 22.2 Å². The van der Waals surface area contributed by atoms with Crippen LogP contribution in [-0.4, -0.2) is 97.2 Å². The van der Waals surface area contributed by atoms with Gasteiger partial charge in [0.15, 0.2) is 0 Å². The number of carbonyl (C=O) groups is 3. The molecule has 0 radical (unpaired) electrons. The lowest BCUT2D eigenvalue weighted by Gasteiger charge is -2.63. The van der Waals surface area contributed by atoms with Gasteiger partial charge in [0.1, 0.15) is 29.5 Å². The lowest BCUT2D eigenvalue weighted by atomic mass is 9.49. The summed E-state index contributed by atoms with van der Waals surface area (Å²) < 4.78 is 9.55. The summed E-state index contributed by atoms with van der Waals surface area (Å²) in [7, 11) is 0. The molecular formula is C47H52ClN11O5. The first kappa shape index (κ1) is 43.1. The normalized spacial score (nSPS) is 22.7. The summed E-state index contributed by atoms with van der Waals surface area (Å²) in [4.78, 5) is 60.6. The molecule has 4 aliphatic rings. The highest BCUT2D eigenvalue weighted by molar-refractivity contribution is 6.31. The van der Waals surface area contributed by atoms with E-state index in [0.717, 1.165) is 80.0 Å². The molecule has 5 aromatic rings. The minimum atomic E-state index is -0.853. The Balaban J connectivity index is 0.741. The summed E-state index contributed by atoms with van der Waals surface area (Å²) in [5, 5.41) is 28.5. The smallest absolute Gasteiger partial charge is 0.278 e. The van der Waals surface area contributed by atoms with Crippen molar-refractivity contribution in [1.82, 2.24) is 45.3 Å². The maximum Gasteiger partial charge on any atom is 0.278 e. The molecule has 17 heteroatoms. The number of amides is 3. The number of anilines is 1. The summed E-state index contributed by atoms with van der Waals surface area (Å²) in [6.07, 6.45) is 9.80. The number of benzene rings is 2. The molecule has 2 N–H and O–H groups in total. The Morgan fingerprint density at radius 1 is 0.953 bits per heavy atom. The molecule has 4 fully saturated rings. The molecular weight excluding hydrogens is 834 g/mol. The number of rotatable bonds is 10. The number of hydrogen-bond donors (Lipinski definition) is 2. The van der Waals surface area contributed by atoms with E-state index >= 15 is 0 Å². The Hall–Kier alpha value is -6.18. The number of nitrogens with one attached hydrogen (secondary N) is 2. The largest absolute Gasteiger partial charge is 0.489 e. The number of piperidine rings is 3. The molecule has 1 atom stereocenters. The molecule has 64 heavy (non-hydrogen) atoms. The molecule has 1 unspecified atom stereocenters. The van der Waals surface area contributed by atoms with Gasteiger partial charge in [-0.1, -0.05) is 44.5 Å². The minimum Gasteiger partial charge on any atom is -0.489 e. The van der Waals surface area contributed by atoms with E-state index in [1.807, 2.05) is 36.5 Å². The lowest BCUT2D eigenvalue weighted by molar-refractivity contribution is -0.164. The SMILES string of the molecule is CC1(C)C(NC(=O)c2ccc(-c3cnn(C4CCN(CC5CCN(c6ccc7nnn(C8CCC(=O)NC8=O)c(=O)c7c6)CC5)CC4)c3)nc2)C(C)(C)C1Oc1ccc(C#N)c(Cl)c1. The van der Waals surface area contributed by atoms with Crippen LogP contribution in [0.1, 0.15) is 94.2 Å². The molecule has 16 nitrogen and oxygen atoms in total. The van der Waals surface area contributed by atoms with Gasteiger partial charge in [-0.2, -0.15) is 15.0 Å². The Morgan fingerprint density at radius 2 is 1.72 bits per heavy atom. The Labute approximate surface area is 375 Å². The third-order valence-electron chi connectivity index (χ3n) is 14.0. The zero-order valence-electron chi connectivity index (χ0n) is 36.5. The zero-order valence-corrected chi connectivity index (χ0v) is 37.2. The highest BCUT2D eigenvalue weighted by atomic mass is 35.5. The van der Waals surface area contributed by atoms with Gasteiger partial charge in [0.2, 0.25) is 5.91 Å². The van der Waals surface area contributed by atoms with E-state index in [2.05, 4.69) is 80.4 Å². The predicted octanol–water partition coefficient (Wildman–Crippen LogP) is 5.72. The third kappa shape index (κ3) is 8.22. The maximum atomic E-state index is 13.5. The third-order valence-corrected chi connectivity index (χ3v) is 14.3. The van der Waals surface area contributed by atoms with Crippen molar-refractivity contribution < 1.29 is 19.1 Å². The molecule has 1 saturated carbocycles. The van der Waals surface area contributed by atoms with E-state index in [0.29, 0.717) is 44.8 Å². The van der Waals surface area contributed by atoms with Gasteiger partial charge in [0.25, 0.3) is 17.4 Å². The number of imide groups is 1. The van der Waals surface area contributed by atoms with Crippen LogP contribution < -0.4 is 25.8 Å². The number of nitriles is 1. The highest BCUT2D eigenvalue weighted by Crippen LogP contribution is 2.55. The molecule has 0 spiro atoms. The quantitative estimate of drug-likeness (QED) is 0.162. The minimum absolute atomic E-state index is 0.153. The van der Waals surface area contributed by atoms with Gasteiger partial charge in [0, 0.05) is 85.7 Å². The first-order valence-corrected chi connectivity index (χ1v) is 22.5. The summed E-state index contributed by atoms with van der Waals surface area (Å²) in [6, 6.07) is 15.7. The van der Waals surface area contributed by atoms with Crippen LogP contribution >= 0.6 is 11.6 Å². The maximum absolute atomic E-state index is 13.5. The van der Waals surface area contributed by atoms with Crippen LogP contribution in [0.4, 0.5) is 5.69 Å². The van der Waals surface area contributed by atoms with E-state index in [4.69, 9.17) is 21.4 Å². The summed E-state index contributed by atoms with van der Waals surface area (Å²) in [6.45, 7) is 13.1. The van der Waals surface area contributed by atoms with Gasteiger partial charge < -0.3 is 19.9 Å². The number of halogens is 1. The fourth-order valence-corrected chi connectivity index (χ4v) is 10.9. The fourth-order valence-electron chi connectivity index (χ4n) is 10.6. The Kier molecular flexibility index (Phi) is 11.5. The van der Waals surface area contributed by atoms with Gasteiger partial charge in [-0.15, -0.1) is 5.10 Å². The van der Waals surface area contributed by atoms with E-state index < -0.39 is 11.9 Å². The number of pyridine rings is 1. The van der Waals surface area contributed by atoms with Crippen molar-refractivity contribution in [1.29, 1.82) is 5.26 Å². The van der Waals surface area contributed by atoms with Crippen molar-refractivity contribution in [2.45, 2.75) is 90.4 Å². The van der Waals surface area contributed by atoms with E-state index in [9.17, 15) is 24.4 Å². The average Bonchev–Trinajstić information content (AvgIpc) is 3.79. The molecule has 2 aromatic carbocycles. The fraction of sp³-hybridized carbons (Fsp3) is 0.468. The van der Waals surface area contributed by atoms with Crippen LogP contribution in [0, 0.1) is 28.1 Å². The van der Waals surface area contributed by atoms with Crippen LogP contribution in [-0.2, 0) is 9.59 Å². The molecule has 3 saturated heterocycles. The van der Waals surface area contributed by atoms with Gasteiger partial charge in [-0.25, -0.2) is 0 Å². The van der Waals surface area contributed by atoms with E-state index in [1.165, 1.54) is 0 Å². The first-order valence-electron chi connectivity index (χ1n) is 22.1. The van der Waals surface area contributed by atoms with E-state index in [1.54, 1.807) is 24.4 Å². The molecule has 3 aliphatic heterocycles. The van der Waals surface area contributed by atoms with Crippen LogP contribution in [0.5, 0.6) is 5.75 Å². The van der Waals surface area contributed by atoms with Gasteiger partial charge in [-0.05, 0) is 80.5 Å².